The number of hydrogen-bond donors (Lipinski definition) is 2. The van der Waals surface area contributed by atoms with E-state index < -0.39 is 6.10 Å². The van der Waals surface area contributed by atoms with Crippen LogP contribution in [0.2, 0.25) is 0 Å². The van der Waals surface area contributed by atoms with E-state index in [0.717, 1.165) is 0 Å². The van der Waals surface area contributed by atoms with Gasteiger partial charge in [-0.05, 0) is 26.2 Å². The molecule has 0 radical (unpaired) electrons. The van der Waals surface area contributed by atoms with E-state index in [1.807, 2.05) is 0 Å². The van der Waals surface area contributed by atoms with Gasteiger partial charge in [-0.15, -0.1) is 12.4 Å². The highest BCUT2D eigenvalue weighted by atomic mass is 35.5. The lowest BCUT2D eigenvalue weighted by Gasteiger charge is -2.29. The van der Waals surface area contributed by atoms with E-state index >= 15 is 0 Å². The molecule has 5 heteroatoms. The number of halogens is 1. The van der Waals surface area contributed by atoms with Gasteiger partial charge < -0.3 is 15.6 Å². The first-order chi connectivity index (χ1) is 6.15. The lowest BCUT2D eigenvalue weighted by Crippen LogP contribution is -2.42. The van der Waals surface area contributed by atoms with Crippen molar-refractivity contribution in [3.8, 4) is 0 Å². The number of aliphatic hydroxyl groups excluding tert-OH is 1. The molecule has 3 atom stereocenters. The molecule has 0 aromatic heterocycles. The number of ether oxygens (including phenoxy) is 1. The number of rotatable bonds is 2. The average molecular weight is 224 g/mol. The summed E-state index contributed by atoms with van der Waals surface area (Å²) < 4.78 is 4.89. The standard InChI is InChI=1S/C9H17NO3.ClH/c1-2-13-9(12)6-3-4-8(11)7(10)5-6;/h6-8,11H,2-5,10H2,1H3;1H/t6-,7-,8-;/m1./s1. The zero-order valence-corrected chi connectivity index (χ0v) is 9.13. The van der Waals surface area contributed by atoms with Gasteiger partial charge in [-0.2, -0.15) is 0 Å². The summed E-state index contributed by atoms with van der Waals surface area (Å²) in [4.78, 5) is 11.3. The van der Waals surface area contributed by atoms with Crippen molar-refractivity contribution in [2.45, 2.75) is 38.3 Å². The second-order valence-electron chi connectivity index (χ2n) is 3.49. The summed E-state index contributed by atoms with van der Waals surface area (Å²) in [6, 6.07) is -0.275. The highest BCUT2D eigenvalue weighted by Gasteiger charge is 2.31. The molecular weight excluding hydrogens is 206 g/mol. The molecule has 0 aromatic rings. The summed E-state index contributed by atoms with van der Waals surface area (Å²) in [5.74, 6) is -0.289. The van der Waals surface area contributed by atoms with Crippen LogP contribution >= 0.6 is 12.4 Å². The summed E-state index contributed by atoms with van der Waals surface area (Å²) >= 11 is 0. The van der Waals surface area contributed by atoms with Gasteiger partial charge >= 0.3 is 5.97 Å². The van der Waals surface area contributed by atoms with Crippen LogP contribution in [0.4, 0.5) is 0 Å². The molecule has 1 aliphatic carbocycles. The Balaban J connectivity index is 0.00000169. The highest BCUT2D eigenvalue weighted by molar-refractivity contribution is 5.85. The molecule has 0 spiro atoms. The molecule has 0 saturated heterocycles. The predicted octanol–water partition coefficient (Wildman–Crippen LogP) is 0.460. The van der Waals surface area contributed by atoms with E-state index in [2.05, 4.69) is 0 Å². The molecule has 0 unspecified atom stereocenters. The summed E-state index contributed by atoms with van der Waals surface area (Å²) in [6.45, 7) is 2.20. The monoisotopic (exact) mass is 223 g/mol. The Hall–Kier alpha value is -0.320. The average Bonchev–Trinajstić information content (AvgIpc) is 2.10. The molecule has 14 heavy (non-hydrogen) atoms. The van der Waals surface area contributed by atoms with Crippen LogP contribution in [-0.2, 0) is 9.53 Å². The summed E-state index contributed by atoms with van der Waals surface area (Å²) in [5.41, 5.74) is 5.64. The smallest absolute Gasteiger partial charge is 0.308 e. The summed E-state index contributed by atoms with van der Waals surface area (Å²) in [6.07, 6.45) is 1.38. The number of carbonyl (C=O) groups is 1. The first-order valence-electron chi connectivity index (χ1n) is 4.75. The maximum Gasteiger partial charge on any atom is 0.308 e. The zero-order valence-electron chi connectivity index (χ0n) is 8.31. The van der Waals surface area contributed by atoms with Crippen LogP contribution in [-0.4, -0.2) is 29.8 Å². The van der Waals surface area contributed by atoms with Crippen LogP contribution in [0, 0.1) is 5.92 Å². The van der Waals surface area contributed by atoms with Gasteiger partial charge in [-0.3, -0.25) is 4.79 Å². The minimum Gasteiger partial charge on any atom is -0.466 e. The van der Waals surface area contributed by atoms with Gasteiger partial charge in [-0.25, -0.2) is 0 Å². The van der Waals surface area contributed by atoms with Crippen LogP contribution in [0.1, 0.15) is 26.2 Å². The topological polar surface area (TPSA) is 72.5 Å². The number of nitrogens with two attached hydrogens (primary N) is 1. The Morgan fingerprint density at radius 2 is 2.21 bits per heavy atom. The van der Waals surface area contributed by atoms with Gasteiger partial charge in [0.15, 0.2) is 0 Å². The van der Waals surface area contributed by atoms with Crippen molar-refractivity contribution < 1.29 is 14.6 Å². The molecule has 3 N–H and O–H groups in total. The van der Waals surface area contributed by atoms with Crippen molar-refractivity contribution >= 4 is 18.4 Å². The van der Waals surface area contributed by atoms with Crippen LogP contribution < -0.4 is 5.73 Å². The van der Waals surface area contributed by atoms with Crippen molar-refractivity contribution in [1.82, 2.24) is 0 Å². The number of carbonyl (C=O) groups excluding carboxylic acids is 1. The molecule has 4 nitrogen and oxygen atoms in total. The fourth-order valence-corrected chi connectivity index (χ4v) is 1.66. The SMILES string of the molecule is CCOC(=O)[C@@H]1CC[C@@H](O)[C@H](N)C1.Cl. The molecule has 84 valence electrons. The van der Waals surface area contributed by atoms with Crippen LogP contribution in [0.5, 0.6) is 0 Å². The van der Waals surface area contributed by atoms with Gasteiger partial charge in [0.1, 0.15) is 0 Å². The Morgan fingerprint density at radius 3 is 2.71 bits per heavy atom. The Labute approximate surface area is 90.2 Å². The molecule has 1 saturated carbocycles. The largest absolute Gasteiger partial charge is 0.466 e. The van der Waals surface area contributed by atoms with Crippen molar-refractivity contribution in [2.75, 3.05) is 6.61 Å². The van der Waals surface area contributed by atoms with E-state index in [1.165, 1.54) is 0 Å². The molecule has 1 rings (SSSR count). The molecule has 1 fully saturated rings. The first kappa shape index (κ1) is 13.7. The quantitative estimate of drug-likeness (QED) is 0.668. The number of aliphatic hydroxyl groups is 1. The lowest BCUT2D eigenvalue weighted by atomic mass is 9.84. The fraction of sp³-hybridized carbons (Fsp3) is 0.889. The minimum absolute atomic E-state index is 0. The van der Waals surface area contributed by atoms with Gasteiger partial charge in [0.2, 0.25) is 0 Å². The second kappa shape index (κ2) is 6.22. The van der Waals surface area contributed by atoms with Gasteiger partial charge in [0, 0.05) is 6.04 Å². The lowest BCUT2D eigenvalue weighted by molar-refractivity contribution is -0.150. The molecule has 0 amide bonds. The van der Waals surface area contributed by atoms with Crippen molar-refractivity contribution in [1.29, 1.82) is 0 Å². The Morgan fingerprint density at radius 1 is 1.57 bits per heavy atom. The van der Waals surface area contributed by atoms with Gasteiger partial charge in [0.05, 0.1) is 18.6 Å². The maximum absolute atomic E-state index is 11.3. The first-order valence-corrected chi connectivity index (χ1v) is 4.75. The second-order valence-corrected chi connectivity index (χ2v) is 3.49. The summed E-state index contributed by atoms with van der Waals surface area (Å²) in [7, 11) is 0. The van der Waals surface area contributed by atoms with E-state index in [9.17, 15) is 9.90 Å². The number of esters is 1. The summed E-state index contributed by atoms with van der Waals surface area (Å²) in [5, 5.41) is 9.33. The van der Waals surface area contributed by atoms with Gasteiger partial charge in [-0.1, -0.05) is 0 Å². The Bertz CT molecular complexity index is 189. The van der Waals surface area contributed by atoms with Crippen LogP contribution in [0.3, 0.4) is 0 Å². The molecule has 0 aromatic carbocycles. The maximum atomic E-state index is 11.3. The van der Waals surface area contributed by atoms with Crippen molar-refractivity contribution in [3.05, 3.63) is 0 Å². The van der Waals surface area contributed by atoms with E-state index in [-0.39, 0.29) is 30.3 Å². The third-order valence-corrected chi connectivity index (χ3v) is 2.48. The van der Waals surface area contributed by atoms with E-state index in [0.29, 0.717) is 25.9 Å². The molecule has 0 bridgehead atoms. The molecule has 0 aliphatic heterocycles. The van der Waals surface area contributed by atoms with Crippen molar-refractivity contribution in [2.24, 2.45) is 11.7 Å². The highest BCUT2D eigenvalue weighted by Crippen LogP contribution is 2.24. The third-order valence-electron chi connectivity index (χ3n) is 2.48. The molecule has 0 heterocycles. The third kappa shape index (κ3) is 3.44. The van der Waals surface area contributed by atoms with E-state index in [4.69, 9.17) is 10.5 Å². The van der Waals surface area contributed by atoms with Crippen molar-refractivity contribution in [3.63, 3.8) is 0 Å². The predicted molar refractivity (Wildman–Crippen MR) is 55.2 cm³/mol. The van der Waals surface area contributed by atoms with E-state index in [1.54, 1.807) is 6.92 Å². The molecule has 1 aliphatic rings. The van der Waals surface area contributed by atoms with Crippen LogP contribution in [0.25, 0.3) is 0 Å². The van der Waals surface area contributed by atoms with Crippen LogP contribution in [0.15, 0.2) is 0 Å². The zero-order chi connectivity index (χ0) is 9.84. The molecular formula is C9H18ClNO3. The normalized spacial score (nSPS) is 31.8. The number of hydrogen-bond acceptors (Lipinski definition) is 4. The van der Waals surface area contributed by atoms with Gasteiger partial charge in [0.25, 0.3) is 0 Å². The minimum atomic E-state index is -0.453. The fourth-order valence-electron chi connectivity index (χ4n) is 1.66. The Kier molecular flexibility index (Phi) is 6.08.